The van der Waals surface area contributed by atoms with Crippen LogP contribution in [0, 0.1) is 6.92 Å². The first-order valence-corrected chi connectivity index (χ1v) is 7.80. The molecule has 0 radical (unpaired) electrons. The lowest BCUT2D eigenvalue weighted by atomic mass is 10.1. The van der Waals surface area contributed by atoms with Crippen LogP contribution in [-0.4, -0.2) is 11.0 Å². The predicted molar refractivity (Wildman–Crippen MR) is 85.2 cm³/mol. The number of benzene rings is 1. The zero-order valence-electron chi connectivity index (χ0n) is 12.5. The van der Waals surface area contributed by atoms with E-state index in [4.69, 9.17) is 4.98 Å². The van der Waals surface area contributed by atoms with E-state index >= 15 is 0 Å². The largest absolute Gasteiger partial charge is 0.348 e. The van der Waals surface area contributed by atoms with Gasteiger partial charge in [-0.15, -0.1) is 0 Å². The quantitative estimate of drug-likeness (QED) is 0.932. The van der Waals surface area contributed by atoms with E-state index in [1.54, 1.807) is 0 Å². The number of hydrogen-bond acceptors (Lipinski definition) is 3. The third kappa shape index (κ3) is 2.66. The van der Waals surface area contributed by atoms with Crippen LogP contribution in [0.2, 0.25) is 0 Å². The van der Waals surface area contributed by atoms with E-state index in [0.29, 0.717) is 0 Å². The van der Waals surface area contributed by atoms with E-state index in [1.165, 1.54) is 35.1 Å². The van der Waals surface area contributed by atoms with Gasteiger partial charge in [0.05, 0.1) is 0 Å². The summed E-state index contributed by atoms with van der Waals surface area (Å²) in [5.41, 5.74) is 5.43. The third-order valence-corrected chi connectivity index (χ3v) is 4.42. The Hall–Kier alpha value is -1.87. The molecule has 0 unspecified atom stereocenters. The first-order valence-electron chi connectivity index (χ1n) is 7.80. The van der Waals surface area contributed by atoms with E-state index in [1.807, 2.05) is 6.20 Å². The summed E-state index contributed by atoms with van der Waals surface area (Å²) in [7, 11) is 0. The molecular weight excluding hydrogens is 258 g/mol. The number of rotatable bonds is 4. The van der Waals surface area contributed by atoms with Gasteiger partial charge in [-0.25, -0.2) is 4.98 Å². The minimum absolute atomic E-state index is 0.748. The lowest BCUT2D eigenvalue weighted by Crippen LogP contribution is -2.19. The highest BCUT2D eigenvalue weighted by molar-refractivity contribution is 5.52. The van der Waals surface area contributed by atoms with Crippen LogP contribution in [0.3, 0.4) is 0 Å². The minimum atomic E-state index is 0.748. The molecular formula is C18H21N3. The maximum Gasteiger partial charge on any atom is 0.132 e. The molecule has 3 nitrogen and oxygen atoms in total. The molecule has 0 saturated heterocycles. The van der Waals surface area contributed by atoms with Gasteiger partial charge in [-0.2, -0.15) is 0 Å². The molecule has 2 aromatic rings. The Morgan fingerprint density at radius 1 is 1.19 bits per heavy atom. The van der Waals surface area contributed by atoms with Crippen LogP contribution in [0.5, 0.6) is 0 Å². The molecule has 2 heterocycles. The molecule has 2 aliphatic rings. The van der Waals surface area contributed by atoms with Crippen molar-refractivity contribution in [3.05, 3.63) is 58.8 Å². The Bertz CT molecular complexity index is 636. The van der Waals surface area contributed by atoms with Crippen molar-refractivity contribution in [2.45, 2.75) is 45.4 Å². The Kier molecular flexibility index (Phi) is 3.15. The number of nitrogens with zero attached hydrogens (tertiary/aromatic N) is 2. The summed E-state index contributed by atoms with van der Waals surface area (Å²) in [6.45, 7) is 5.07. The van der Waals surface area contributed by atoms with E-state index in [-0.39, 0.29) is 0 Å². The monoisotopic (exact) mass is 279 g/mol. The first-order chi connectivity index (χ1) is 10.3. The molecule has 1 aliphatic carbocycles. The molecule has 0 amide bonds. The van der Waals surface area contributed by atoms with E-state index in [0.717, 1.165) is 31.5 Å². The number of aromatic nitrogens is 1. The van der Waals surface area contributed by atoms with E-state index in [2.05, 4.69) is 47.5 Å². The van der Waals surface area contributed by atoms with Crippen LogP contribution in [0.15, 0.2) is 36.5 Å². The van der Waals surface area contributed by atoms with Crippen molar-refractivity contribution in [1.29, 1.82) is 0 Å². The second-order valence-electron chi connectivity index (χ2n) is 6.26. The zero-order chi connectivity index (χ0) is 14.2. The normalized spacial score (nSPS) is 17.1. The third-order valence-electron chi connectivity index (χ3n) is 4.42. The molecule has 0 atom stereocenters. The average molecular weight is 279 g/mol. The van der Waals surface area contributed by atoms with Crippen molar-refractivity contribution in [2.24, 2.45) is 0 Å². The molecule has 4 rings (SSSR count). The zero-order valence-corrected chi connectivity index (χ0v) is 12.5. The highest BCUT2D eigenvalue weighted by atomic mass is 15.2. The fraction of sp³-hybridized carbons (Fsp3) is 0.389. The van der Waals surface area contributed by atoms with Crippen LogP contribution in [0.25, 0.3) is 0 Å². The lowest BCUT2D eigenvalue weighted by molar-refractivity contribution is 0.685. The van der Waals surface area contributed by atoms with Gasteiger partial charge in [-0.1, -0.05) is 24.3 Å². The van der Waals surface area contributed by atoms with Crippen molar-refractivity contribution in [3.63, 3.8) is 0 Å². The van der Waals surface area contributed by atoms with Gasteiger partial charge < -0.3 is 10.2 Å². The summed E-state index contributed by atoms with van der Waals surface area (Å²) in [6.07, 6.45) is 4.69. The van der Waals surface area contributed by atoms with Gasteiger partial charge >= 0.3 is 0 Å². The van der Waals surface area contributed by atoms with Crippen molar-refractivity contribution in [3.8, 4) is 0 Å². The molecule has 21 heavy (non-hydrogen) atoms. The average Bonchev–Trinajstić information content (AvgIpc) is 3.22. The number of fused-ring (bicyclic) bond motifs is 1. The van der Waals surface area contributed by atoms with Gasteiger partial charge in [-0.3, -0.25) is 0 Å². The van der Waals surface area contributed by atoms with Gasteiger partial charge in [-0.05, 0) is 48.1 Å². The van der Waals surface area contributed by atoms with Crippen LogP contribution in [-0.2, 0) is 19.6 Å². The maximum atomic E-state index is 4.73. The van der Waals surface area contributed by atoms with Crippen molar-refractivity contribution in [1.82, 2.24) is 10.3 Å². The second kappa shape index (κ2) is 5.15. The SMILES string of the molecule is Cc1cc(CNC2CC2)cnc1N1Cc2ccccc2C1. The number of pyridine rings is 1. The fourth-order valence-corrected chi connectivity index (χ4v) is 3.09. The highest BCUT2D eigenvalue weighted by Crippen LogP contribution is 2.29. The van der Waals surface area contributed by atoms with Crippen molar-refractivity contribution >= 4 is 5.82 Å². The molecule has 1 N–H and O–H groups in total. The summed E-state index contributed by atoms with van der Waals surface area (Å²) in [5, 5.41) is 3.55. The maximum absolute atomic E-state index is 4.73. The van der Waals surface area contributed by atoms with Gasteiger partial charge in [0, 0.05) is 31.9 Å². The molecule has 0 bridgehead atoms. The van der Waals surface area contributed by atoms with Gasteiger partial charge in [0.2, 0.25) is 0 Å². The second-order valence-corrected chi connectivity index (χ2v) is 6.26. The van der Waals surface area contributed by atoms with Crippen LogP contribution < -0.4 is 10.2 Å². The van der Waals surface area contributed by atoms with Crippen molar-refractivity contribution < 1.29 is 0 Å². The standard InChI is InChI=1S/C18H21N3/c1-13-8-14(9-19-17-6-7-17)10-20-18(13)21-11-15-4-2-3-5-16(15)12-21/h2-5,8,10,17,19H,6-7,9,11-12H2,1H3. The molecule has 1 fully saturated rings. The molecule has 1 aliphatic heterocycles. The molecule has 108 valence electrons. The minimum Gasteiger partial charge on any atom is -0.348 e. The van der Waals surface area contributed by atoms with Crippen LogP contribution in [0.4, 0.5) is 5.82 Å². The Balaban J connectivity index is 1.50. The first kappa shape index (κ1) is 12.8. The topological polar surface area (TPSA) is 28.2 Å². The van der Waals surface area contributed by atoms with Crippen molar-refractivity contribution in [2.75, 3.05) is 4.90 Å². The number of nitrogens with one attached hydrogen (secondary N) is 1. The predicted octanol–water partition coefficient (Wildman–Crippen LogP) is 3.16. The smallest absolute Gasteiger partial charge is 0.132 e. The van der Waals surface area contributed by atoms with Gasteiger partial charge in [0.15, 0.2) is 0 Å². The fourth-order valence-electron chi connectivity index (χ4n) is 3.09. The Morgan fingerprint density at radius 3 is 2.52 bits per heavy atom. The number of aryl methyl sites for hydroxylation is 1. The Morgan fingerprint density at radius 2 is 1.90 bits per heavy atom. The molecule has 1 aromatic carbocycles. The van der Waals surface area contributed by atoms with Crippen LogP contribution in [0.1, 0.15) is 35.1 Å². The highest BCUT2D eigenvalue weighted by Gasteiger charge is 2.22. The molecule has 1 aromatic heterocycles. The molecule has 3 heteroatoms. The molecule has 0 spiro atoms. The Labute approximate surface area is 126 Å². The number of anilines is 1. The summed E-state index contributed by atoms with van der Waals surface area (Å²) in [6, 6.07) is 11.7. The summed E-state index contributed by atoms with van der Waals surface area (Å²) in [4.78, 5) is 7.10. The lowest BCUT2D eigenvalue weighted by Gasteiger charge is -2.19. The summed E-state index contributed by atoms with van der Waals surface area (Å²) in [5.74, 6) is 1.13. The number of hydrogen-bond donors (Lipinski definition) is 1. The summed E-state index contributed by atoms with van der Waals surface area (Å²) >= 11 is 0. The van der Waals surface area contributed by atoms with E-state index in [9.17, 15) is 0 Å². The van der Waals surface area contributed by atoms with Gasteiger partial charge in [0.1, 0.15) is 5.82 Å². The molecule has 1 saturated carbocycles. The summed E-state index contributed by atoms with van der Waals surface area (Å²) < 4.78 is 0. The van der Waals surface area contributed by atoms with E-state index < -0.39 is 0 Å². The van der Waals surface area contributed by atoms with Crippen LogP contribution >= 0.6 is 0 Å². The van der Waals surface area contributed by atoms with Gasteiger partial charge in [0.25, 0.3) is 0 Å².